The molecule has 116 valence electrons. The fourth-order valence-corrected chi connectivity index (χ4v) is 2.79. The zero-order valence-corrected chi connectivity index (χ0v) is 13.8. The summed E-state index contributed by atoms with van der Waals surface area (Å²) in [4.78, 5) is 17.2. The largest absolute Gasteiger partial charge is 0.345 e. The van der Waals surface area contributed by atoms with E-state index < -0.39 is 0 Å². The lowest BCUT2D eigenvalue weighted by atomic mass is 10.0. The van der Waals surface area contributed by atoms with Crippen molar-refractivity contribution in [3.05, 3.63) is 76.4 Å². The lowest BCUT2D eigenvalue weighted by Gasteiger charge is -2.15. The normalized spacial score (nSPS) is 12.1. The monoisotopic (exact) mass is 324 g/mol. The lowest BCUT2D eigenvalue weighted by molar-refractivity contribution is 0.0941. The van der Waals surface area contributed by atoms with Crippen LogP contribution < -0.4 is 5.32 Å². The Morgan fingerprint density at radius 3 is 2.61 bits per heavy atom. The minimum atomic E-state index is -0.112. The number of nitrogens with zero attached hydrogens (tertiary/aromatic N) is 1. The van der Waals surface area contributed by atoms with Crippen LogP contribution in [0.5, 0.6) is 0 Å². The zero-order chi connectivity index (χ0) is 16.4. The molecule has 0 aliphatic heterocycles. The number of pyridine rings is 1. The molecule has 0 aliphatic carbocycles. The van der Waals surface area contributed by atoms with Crippen LogP contribution in [0.2, 0.25) is 5.02 Å². The fourth-order valence-electron chi connectivity index (χ4n) is 2.62. The molecule has 1 unspecified atom stereocenters. The Balaban J connectivity index is 1.95. The second-order valence-corrected chi connectivity index (χ2v) is 6.01. The smallest absolute Gasteiger partial charge is 0.252 e. The highest BCUT2D eigenvalue weighted by Crippen LogP contribution is 2.23. The Kier molecular flexibility index (Phi) is 4.30. The highest BCUT2D eigenvalue weighted by molar-refractivity contribution is 6.31. The van der Waals surface area contributed by atoms with Crippen molar-refractivity contribution in [3.63, 3.8) is 0 Å². The van der Waals surface area contributed by atoms with E-state index in [1.54, 1.807) is 12.1 Å². The van der Waals surface area contributed by atoms with Crippen LogP contribution in [0.4, 0.5) is 0 Å². The van der Waals surface area contributed by atoms with Crippen LogP contribution >= 0.6 is 11.6 Å². The van der Waals surface area contributed by atoms with Gasteiger partial charge in [-0.15, -0.1) is 0 Å². The van der Waals surface area contributed by atoms with Crippen molar-refractivity contribution < 1.29 is 4.79 Å². The number of aryl methyl sites for hydroxylation is 1. The van der Waals surface area contributed by atoms with Gasteiger partial charge in [-0.2, -0.15) is 0 Å². The number of carbonyl (C=O) groups excluding carboxylic acids is 1. The van der Waals surface area contributed by atoms with Gasteiger partial charge in [-0.3, -0.25) is 9.78 Å². The molecule has 1 amide bonds. The van der Waals surface area contributed by atoms with Gasteiger partial charge in [0.1, 0.15) is 0 Å². The first-order valence-corrected chi connectivity index (χ1v) is 7.85. The van der Waals surface area contributed by atoms with Crippen molar-refractivity contribution in [2.45, 2.75) is 19.9 Å². The molecule has 1 N–H and O–H groups in total. The van der Waals surface area contributed by atoms with E-state index in [4.69, 9.17) is 11.6 Å². The number of nitrogens with one attached hydrogen (secondary N) is 1. The number of benzene rings is 2. The van der Waals surface area contributed by atoms with Crippen LogP contribution in [-0.2, 0) is 0 Å². The third-order valence-electron chi connectivity index (χ3n) is 3.79. The van der Waals surface area contributed by atoms with Crippen LogP contribution in [0.3, 0.4) is 0 Å². The highest BCUT2D eigenvalue weighted by atomic mass is 35.5. The SMILES string of the molecule is Cc1cc(C(=O)NC(C)c2ccccc2)c2ccc(Cl)cc2n1. The number of amides is 1. The van der Waals surface area contributed by atoms with Crippen molar-refractivity contribution in [2.24, 2.45) is 0 Å². The van der Waals surface area contributed by atoms with E-state index in [0.29, 0.717) is 10.6 Å². The van der Waals surface area contributed by atoms with Gasteiger partial charge in [0.05, 0.1) is 17.1 Å². The molecule has 0 fully saturated rings. The first-order chi connectivity index (χ1) is 11.0. The van der Waals surface area contributed by atoms with Crippen LogP contribution in [0, 0.1) is 6.92 Å². The maximum Gasteiger partial charge on any atom is 0.252 e. The molecule has 3 rings (SSSR count). The number of rotatable bonds is 3. The predicted octanol–water partition coefficient (Wildman–Crippen LogP) is 4.69. The van der Waals surface area contributed by atoms with Gasteiger partial charge < -0.3 is 5.32 Å². The third kappa shape index (κ3) is 3.35. The minimum Gasteiger partial charge on any atom is -0.345 e. The zero-order valence-electron chi connectivity index (χ0n) is 13.0. The summed E-state index contributed by atoms with van der Waals surface area (Å²) < 4.78 is 0. The van der Waals surface area contributed by atoms with Gasteiger partial charge in [0.2, 0.25) is 0 Å². The molecule has 0 spiro atoms. The molecule has 3 aromatic rings. The summed E-state index contributed by atoms with van der Waals surface area (Å²) >= 11 is 6.03. The van der Waals surface area contributed by atoms with Gasteiger partial charge in [-0.05, 0) is 37.6 Å². The number of hydrogen-bond acceptors (Lipinski definition) is 2. The molecule has 1 heterocycles. The van der Waals surface area contributed by atoms with Gasteiger partial charge in [-0.25, -0.2) is 0 Å². The van der Waals surface area contributed by atoms with Gasteiger partial charge in [0.25, 0.3) is 5.91 Å². The van der Waals surface area contributed by atoms with E-state index in [0.717, 1.165) is 22.2 Å². The van der Waals surface area contributed by atoms with Crippen LogP contribution in [0.15, 0.2) is 54.6 Å². The Labute approximate surface area is 140 Å². The summed E-state index contributed by atoms with van der Waals surface area (Å²) in [6, 6.07) is 17.0. The van der Waals surface area contributed by atoms with Crippen LogP contribution in [0.25, 0.3) is 10.9 Å². The van der Waals surface area contributed by atoms with Crippen molar-refractivity contribution in [1.29, 1.82) is 0 Å². The Bertz CT molecular complexity index is 857. The summed E-state index contributed by atoms with van der Waals surface area (Å²) in [5.41, 5.74) is 3.21. The Hall–Kier alpha value is -2.39. The van der Waals surface area contributed by atoms with Crippen molar-refractivity contribution in [1.82, 2.24) is 10.3 Å². The Morgan fingerprint density at radius 2 is 1.87 bits per heavy atom. The quantitative estimate of drug-likeness (QED) is 0.759. The van der Waals surface area contributed by atoms with E-state index in [9.17, 15) is 4.79 Å². The first kappa shape index (κ1) is 15.5. The molecule has 3 nitrogen and oxygen atoms in total. The molecule has 4 heteroatoms. The molecular weight excluding hydrogens is 308 g/mol. The number of carbonyl (C=O) groups is 1. The summed E-state index contributed by atoms with van der Waals surface area (Å²) in [5.74, 6) is -0.112. The molecule has 0 saturated heterocycles. The molecule has 0 saturated carbocycles. The van der Waals surface area contributed by atoms with E-state index in [1.165, 1.54) is 0 Å². The van der Waals surface area contributed by atoms with Crippen molar-refractivity contribution in [3.8, 4) is 0 Å². The minimum absolute atomic E-state index is 0.0699. The molecule has 1 aromatic heterocycles. The molecule has 1 atom stereocenters. The van der Waals surface area contributed by atoms with E-state index >= 15 is 0 Å². The highest BCUT2D eigenvalue weighted by Gasteiger charge is 2.15. The van der Waals surface area contributed by atoms with Crippen LogP contribution in [0.1, 0.15) is 34.6 Å². The Morgan fingerprint density at radius 1 is 1.13 bits per heavy atom. The number of fused-ring (bicyclic) bond motifs is 1. The topological polar surface area (TPSA) is 42.0 Å². The van der Waals surface area contributed by atoms with E-state index in [1.807, 2.05) is 56.3 Å². The molecule has 23 heavy (non-hydrogen) atoms. The van der Waals surface area contributed by atoms with Crippen molar-refractivity contribution in [2.75, 3.05) is 0 Å². The number of hydrogen-bond donors (Lipinski definition) is 1. The van der Waals surface area contributed by atoms with Gasteiger partial charge in [0.15, 0.2) is 0 Å². The maximum absolute atomic E-state index is 12.7. The second kappa shape index (κ2) is 6.39. The molecular formula is C19H17ClN2O. The number of halogens is 1. The van der Waals surface area contributed by atoms with Gasteiger partial charge in [-0.1, -0.05) is 48.0 Å². The average Bonchev–Trinajstić information content (AvgIpc) is 2.54. The standard InChI is InChI=1S/C19H17ClN2O/c1-12-10-17(16-9-8-15(20)11-18(16)21-12)19(23)22-13(2)14-6-4-3-5-7-14/h3-11,13H,1-2H3,(H,22,23). The molecule has 0 radical (unpaired) electrons. The van der Waals surface area contributed by atoms with E-state index in [-0.39, 0.29) is 11.9 Å². The van der Waals surface area contributed by atoms with Gasteiger partial charge in [0, 0.05) is 16.1 Å². The summed E-state index contributed by atoms with van der Waals surface area (Å²) in [6.07, 6.45) is 0. The molecule has 2 aromatic carbocycles. The third-order valence-corrected chi connectivity index (χ3v) is 4.03. The number of aromatic nitrogens is 1. The predicted molar refractivity (Wildman–Crippen MR) is 93.8 cm³/mol. The molecule has 0 bridgehead atoms. The summed E-state index contributed by atoms with van der Waals surface area (Å²) in [7, 11) is 0. The van der Waals surface area contributed by atoms with Crippen molar-refractivity contribution >= 4 is 28.4 Å². The second-order valence-electron chi connectivity index (χ2n) is 5.58. The fraction of sp³-hybridized carbons (Fsp3) is 0.158. The average molecular weight is 325 g/mol. The maximum atomic E-state index is 12.7. The summed E-state index contributed by atoms with van der Waals surface area (Å²) in [5, 5.41) is 4.46. The lowest BCUT2D eigenvalue weighted by Crippen LogP contribution is -2.27. The van der Waals surface area contributed by atoms with Crippen LogP contribution in [-0.4, -0.2) is 10.9 Å². The molecule has 0 aliphatic rings. The van der Waals surface area contributed by atoms with Gasteiger partial charge >= 0.3 is 0 Å². The first-order valence-electron chi connectivity index (χ1n) is 7.47. The van der Waals surface area contributed by atoms with E-state index in [2.05, 4.69) is 10.3 Å². The summed E-state index contributed by atoms with van der Waals surface area (Å²) in [6.45, 7) is 3.85.